The van der Waals surface area contributed by atoms with Gasteiger partial charge in [-0.05, 0) is 12.5 Å². The summed E-state index contributed by atoms with van der Waals surface area (Å²) in [4.78, 5) is 37.9. The van der Waals surface area contributed by atoms with E-state index in [1.807, 2.05) is 0 Å². The molecular formula is C15H20N5O2S+. The van der Waals surface area contributed by atoms with Gasteiger partial charge in [0.15, 0.2) is 0 Å². The lowest BCUT2D eigenvalue weighted by atomic mass is 10.2. The van der Waals surface area contributed by atoms with E-state index in [0.29, 0.717) is 26.2 Å². The third-order valence-corrected chi connectivity index (χ3v) is 5.18. The monoisotopic (exact) mass is 334 g/mol. The number of rotatable bonds is 4. The van der Waals surface area contributed by atoms with Gasteiger partial charge in [-0.2, -0.15) is 0 Å². The van der Waals surface area contributed by atoms with Gasteiger partial charge in [-0.15, -0.1) is 11.3 Å². The van der Waals surface area contributed by atoms with Gasteiger partial charge in [0, 0.05) is 31.1 Å². The van der Waals surface area contributed by atoms with E-state index in [9.17, 15) is 9.59 Å². The molecule has 3 N–H and O–H groups in total. The molecule has 1 fully saturated rings. The Hall–Kier alpha value is -2.06. The Kier molecular flexibility index (Phi) is 4.53. The largest absolute Gasteiger partial charge is 0.352 e. The van der Waals surface area contributed by atoms with Gasteiger partial charge in [-0.25, -0.2) is 14.8 Å². The van der Waals surface area contributed by atoms with Crippen molar-refractivity contribution in [2.24, 2.45) is 0 Å². The normalized spacial score (nSPS) is 15.2. The van der Waals surface area contributed by atoms with Crippen LogP contribution in [0.3, 0.4) is 0 Å². The van der Waals surface area contributed by atoms with Crippen LogP contribution in [0, 0.1) is 0 Å². The third-order valence-electron chi connectivity index (χ3n) is 3.99. The van der Waals surface area contributed by atoms with Crippen LogP contribution >= 0.6 is 11.3 Å². The Morgan fingerprint density at radius 1 is 1.26 bits per heavy atom. The lowest BCUT2D eigenvalue weighted by Crippen LogP contribution is -2.59. The molecule has 3 heterocycles. The van der Waals surface area contributed by atoms with Gasteiger partial charge in [0.1, 0.15) is 23.4 Å². The van der Waals surface area contributed by atoms with E-state index in [1.54, 1.807) is 22.6 Å². The molecule has 2 aromatic heterocycles. The van der Waals surface area contributed by atoms with Crippen LogP contribution in [-0.4, -0.2) is 52.9 Å². The van der Waals surface area contributed by atoms with E-state index in [1.165, 1.54) is 4.88 Å². The fourth-order valence-corrected chi connectivity index (χ4v) is 3.70. The molecular weight excluding hydrogens is 314 g/mol. The zero-order chi connectivity index (χ0) is 16.4. The van der Waals surface area contributed by atoms with Gasteiger partial charge in [-0.3, -0.25) is 10.5 Å². The Labute approximate surface area is 138 Å². The number of anilines is 1. The topological polar surface area (TPSA) is 94.0 Å². The quantitative estimate of drug-likeness (QED) is 0.798. The Morgan fingerprint density at radius 2 is 2.00 bits per heavy atom. The van der Waals surface area contributed by atoms with E-state index in [2.05, 4.69) is 33.6 Å². The maximum atomic E-state index is 11.9. The number of fused-ring (bicyclic) bond motifs is 1. The first-order valence-corrected chi connectivity index (χ1v) is 8.51. The van der Waals surface area contributed by atoms with Gasteiger partial charge in [0.2, 0.25) is 5.91 Å². The summed E-state index contributed by atoms with van der Waals surface area (Å²) in [6.07, 6.45) is 2.48. The van der Waals surface area contributed by atoms with Gasteiger partial charge >= 0.3 is 5.91 Å². The van der Waals surface area contributed by atoms with Crippen LogP contribution in [0.15, 0.2) is 12.4 Å². The first kappa shape index (κ1) is 15.8. The molecule has 0 aliphatic carbocycles. The predicted octanol–water partition coefficient (Wildman–Crippen LogP) is 0.0609. The van der Waals surface area contributed by atoms with Crippen LogP contribution in [-0.2, 0) is 16.0 Å². The Balaban J connectivity index is 1.74. The third kappa shape index (κ3) is 3.32. The number of carbonyl (C=O) groups is 2. The molecule has 8 heteroatoms. The highest BCUT2D eigenvalue weighted by Gasteiger charge is 2.24. The molecule has 122 valence electrons. The summed E-state index contributed by atoms with van der Waals surface area (Å²) >= 11 is 1.70. The summed E-state index contributed by atoms with van der Waals surface area (Å²) in [6.45, 7) is 4.75. The smallest absolute Gasteiger partial charge is 0.318 e. The predicted molar refractivity (Wildman–Crippen MR) is 88.1 cm³/mol. The number of amides is 2. The molecule has 2 aromatic rings. The van der Waals surface area contributed by atoms with Gasteiger partial charge < -0.3 is 9.80 Å². The number of piperazine rings is 1. The molecule has 2 amide bonds. The van der Waals surface area contributed by atoms with Crippen molar-refractivity contribution >= 4 is 39.2 Å². The maximum Gasteiger partial charge on any atom is 0.318 e. The average Bonchev–Trinajstić information content (AvgIpc) is 2.97. The summed E-state index contributed by atoms with van der Waals surface area (Å²) in [7, 11) is 0. The number of hydrogen-bond donors (Lipinski definition) is 1. The highest BCUT2D eigenvalue weighted by Crippen LogP contribution is 2.30. The summed E-state index contributed by atoms with van der Waals surface area (Å²) < 4.78 is 0. The van der Waals surface area contributed by atoms with Gasteiger partial charge in [0.05, 0.1) is 5.39 Å². The lowest BCUT2D eigenvalue weighted by Gasteiger charge is -2.35. The fourth-order valence-electron chi connectivity index (χ4n) is 2.77. The van der Waals surface area contributed by atoms with E-state index in [4.69, 9.17) is 0 Å². The molecule has 7 nitrogen and oxygen atoms in total. The molecule has 1 saturated heterocycles. The minimum absolute atomic E-state index is 0.109. The van der Waals surface area contributed by atoms with Crippen LogP contribution in [0.4, 0.5) is 5.82 Å². The van der Waals surface area contributed by atoms with Gasteiger partial charge in [0.25, 0.3) is 0 Å². The molecule has 0 aromatic carbocycles. The first-order valence-electron chi connectivity index (χ1n) is 7.69. The number of hydrogen-bond acceptors (Lipinski definition) is 6. The molecule has 0 atom stereocenters. The first-order chi connectivity index (χ1) is 11.1. The van der Waals surface area contributed by atoms with E-state index >= 15 is 0 Å². The molecule has 3 rings (SSSR count). The Morgan fingerprint density at radius 3 is 2.65 bits per heavy atom. The standard InChI is InChI=1S/C15H19N5O2S/c1-2-10-7-11-14(17-9-18-15(11)23-10)20-5-3-19(4-6-20)13(22)8-12(16)21/h7,9H,2-6,8H2,1H3,(H2,16,21)/p+1. The van der Waals surface area contributed by atoms with Crippen LogP contribution in [0.1, 0.15) is 18.2 Å². The van der Waals surface area contributed by atoms with Gasteiger partial charge in [-0.1, -0.05) is 6.92 Å². The highest BCUT2D eigenvalue weighted by atomic mass is 32.1. The van der Waals surface area contributed by atoms with E-state index in [0.717, 1.165) is 22.5 Å². The SMILES string of the molecule is CCc1cc2c(N3CCN(C(=O)CC([NH3+])=O)CC3)ncnc2s1. The summed E-state index contributed by atoms with van der Waals surface area (Å²) in [5.41, 5.74) is 3.27. The summed E-state index contributed by atoms with van der Waals surface area (Å²) in [5.74, 6) is 0.466. The highest BCUT2D eigenvalue weighted by molar-refractivity contribution is 7.18. The number of aromatic nitrogens is 2. The van der Waals surface area contributed by atoms with Crippen LogP contribution in [0.25, 0.3) is 10.2 Å². The molecule has 0 unspecified atom stereocenters. The van der Waals surface area contributed by atoms with Crippen molar-refractivity contribution in [1.82, 2.24) is 14.9 Å². The number of aryl methyl sites for hydroxylation is 1. The molecule has 23 heavy (non-hydrogen) atoms. The van der Waals surface area contributed by atoms with Crippen molar-refractivity contribution in [3.63, 3.8) is 0 Å². The second-order valence-corrected chi connectivity index (χ2v) is 6.68. The van der Waals surface area contributed by atoms with E-state index in [-0.39, 0.29) is 18.2 Å². The molecule has 0 radical (unpaired) electrons. The van der Waals surface area contributed by atoms with Crippen molar-refractivity contribution in [1.29, 1.82) is 0 Å². The maximum absolute atomic E-state index is 11.9. The minimum atomic E-state index is -0.333. The molecule has 1 aliphatic heterocycles. The zero-order valence-electron chi connectivity index (χ0n) is 13.1. The summed E-state index contributed by atoms with van der Waals surface area (Å²) in [5, 5.41) is 1.09. The zero-order valence-corrected chi connectivity index (χ0v) is 13.9. The van der Waals surface area contributed by atoms with Crippen molar-refractivity contribution in [2.45, 2.75) is 19.8 Å². The van der Waals surface area contributed by atoms with Crippen LogP contribution in [0.5, 0.6) is 0 Å². The second kappa shape index (κ2) is 6.59. The molecule has 1 aliphatic rings. The number of carbonyl (C=O) groups excluding carboxylic acids is 2. The minimum Gasteiger partial charge on any atom is -0.352 e. The fraction of sp³-hybridized carbons (Fsp3) is 0.467. The van der Waals surface area contributed by atoms with Crippen molar-refractivity contribution < 1.29 is 15.3 Å². The Bertz CT molecular complexity index is 737. The molecule has 0 bridgehead atoms. The van der Waals surface area contributed by atoms with Crippen molar-refractivity contribution in [3.8, 4) is 0 Å². The number of thiophene rings is 1. The lowest BCUT2D eigenvalue weighted by molar-refractivity contribution is -0.304. The van der Waals surface area contributed by atoms with Crippen LogP contribution in [0.2, 0.25) is 0 Å². The van der Waals surface area contributed by atoms with Crippen molar-refractivity contribution in [2.75, 3.05) is 31.1 Å². The molecule has 0 saturated carbocycles. The molecule has 0 spiro atoms. The average molecular weight is 334 g/mol. The number of nitrogens with zero attached hydrogens (tertiary/aromatic N) is 4. The van der Waals surface area contributed by atoms with Crippen LogP contribution < -0.4 is 10.6 Å². The van der Waals surface area contributed by atoms with Crippen molar-refractivity contribution in [3.05, 3.63) is 17.3 Å². The van der Waals surface area contributed by atoms with E-state index < -0.39 is 0 Å². The second-order valence-electron chi connectivity index (χ2n) is 5.57. The summed E-state index contributed by atoms with van der Waals surface area (Å²) in [6, 6.07) is 2.16. The number of quaternary nitrogens is 1.